The summed E-state index contributed by atoms with van der Waals surface area (Å²) >= 11 is 2.12. The van der Waals surface area contributed by atoms with Gasteiger partial charge in [0.05, 0.1) is 0 Å². The molecule has 0 aromatic carbocycles. The summed E-state index contributed by atoms with van der Waals surface area (Å²) in [4.78, 5) is 26.1. The Morgan fingerprint density at radius 3 is 2.38 bits per heavy atom. The van der Waals surface area contributed by atoms with Crippen LogP contribution >= 0.6 is 22.6 Å². The second-order valence-corrected chi connectivity index (χ2v) is 10.7. The van der Waals surface area contributed by atoms with Crippen molar-refractivity contribution < 1.29 is 40.3 Å². The van der Waals surface area contributed by atoms with E-state index in [2.05, 4.69) is 41.4 Å². The average molecular weight is 523 g/mol. The molecule has 0 aliphatic heterocycles. The summed E-state index contributed by atoms with van der Waals surface area (Å²) in [5, 5.41) is 0. The topological polar surface area (TPSA) is 52.6 Å². The molecule has 0 aromatic heterocycles. The van der Waals surface area contributed by atoms with Crippen LogP contribution < -0.4 is 21.2 Å². The third-order valence-electron chi connectivity index (χ3n) is 3.95. The van der Waals surface area contributed by atoms with E-state index in [1.54, 1.807) is 0 Å². The number of ether oxygens (including phenoxy) is 2. The van der Waals surface area contributed by atoms with Crippen molar-refractivity contribution in [1.29, 1.82) is 0 Å². The summed E-state index contributed by atoms with van der Waals surface area (Å²) in [7, 11) is 0. The van der Waals surface area contributed by atoms with Gasteiger partial charge in [0.1, 0.15) is 0 Å². The predicted octanol–water partition coefficient (Wildman–Crippen LogP) is -0.0459. The van der Waals surface area contributed by atoms with Gasteiger partial charge in [-0.1, -0.05) is 0 Å². The Morgan fingerprint density at radius 2 is 1.90 bits per heavy atom. The minimum absolute atomic E-state index is 0.00354. The van der Waals surface area contributed by atoms with Gasteiger partial charge in [-0.05, 0) is 0 Å². The molecule has 1 saturated carbocycles. The zero-order valence-electron chi connectivity index (χ0n) is 13.2. The van der Waals surface area contributed by atoms with Crippen LogP contribution in [0, 0.1) is 5.92 Å². The number of halogens is 2. The fourth-order valence-corrected chi connectivity index (χ4v) is 6.44. The van der Waals surface area contributed by atoms with Gasteiger partial charge in [-0.3, -0.25) is 0 Å². The number of alkyl halides is 3. The van der Waals surface area contributed by atoms with Crippen LogP contribution in [0.1, 0.15) is 46.5 Å². The first-order valence-corrected chi connectivity index (χ1v) is 12.0. The number of hydrogen-bond donors (Lipinski definition) is 0. The normalized spacial score (nSPS) is 20.3. The molecule has 0 radical (unpaired) electrons. The number of rotatable bonds is 7. The van der Waals surface area contributed by atoms with Crippen LogP contribution in [0.15, 0.2) is 0 Å². The van der Waals surface area contributed by atoms with Gasteiger partial charge in [-0.15, -0.1) is 0 Å². The van der Waals surface area contributed by atoms with Crippen molar-refractivity contribution in [3.63, 3.8) is 0 Å². The second kappa shape index (κ2) is 8.31. The summed E-state index contributed by atoms with van der Waals surface area (Å²) in [6.45, 7) is 5.75. The van der Waals surface area contributed by atoms with Crippen molar-refractivity contribution in [3.8, 4) is 0 Å². The fraction of sp³-hybridized carbons (Fsp3) is 0.867. The molecule has 1 atom stereocenters. The Kier molecular flexibility index (Phi) is 7.69. The first-order valence-electron chi connectivity index (χ1n) is 7.25. The summed E-state index contributed by atoms with van der Waals surface area (Å²) in [6, 6.07) is 0. The molecule has 1 rings (SSSR count). The SMILES string of the molecule is C[I-]CC(C)(I)C(=O)OCC(=O)OC1(C(C)C)CCCC1. The summed E-state index contributed by atoms with van der Waals surface area (Å²) in [5.41, 5.74) is -0.355. The van der Waals surface area contributed by atoms with Gasteiger partial charge in [-0.25, -0.2) is 0 Å². The minimum atomic E-state index is -0.525. The van der Waals surface area contributed by atoms with E-state index in [-0.39, 0.29) is 39.4 Å². The molecule has 6 heteroatoms. The number of esters is 2. The maximum atomic E-state index is 12.0. The van der Waals surface area contributed by atoms with Crippen LogP contribution in [-0.2, 0) is 19.1 Å². The molecule has 1 fully saturated rings. The Balaban J connectivity index is 2.49. The molecule has 21 heavy (non-hydrogen) atoms. The van der Waals surface area contributed by atoms with Crippen LogP contribution in [0.25, 0.3) is 0 Å². The first-order chi connectivity index (χ1) is 9.73. The molecule has 0 aromatic rings. The molecule has 0 spiro atoms. The van der Waals surface area contributed by atoms with Crippen LogP contribution in [0.4, 0.5) is 0 Å². The Hall–Kier alpha value is 0.400. The van der Waals surface area contributed by atoms with Gasteiger partial charge in [-0.2, -0.15) is 0 Å². The average Bonchev–Trinajstić information content (AvgIpc) is 2.85. The van der Waals surface area contributed by atoms with E-state index >= 15 is 0 Å². The first kappa shape index (κ1) is 19.4. The van der Waals surface area contributed by atoms with Crippen molar-refractivity contribution >= 4 is 34.5 Å². The summed E-state index contributed by atoms with van der Waals surface area (Å²) in [5.74, 6) is -0.441. The van der Waals surface area contributed by atoms with E-state index in [0.29, 0.717) is 5.92 Å². The molecule has 4 nitrogen and oxygen atoms in total. The standard InChI is InChI=1S/C15H25I2O4/c1-11(2)15(7-5-6-8-15)21-12(18)9-20-13(19)14(3,16)10-17-4/h11H,5-10H2,1-4H3/q-1. The molecule has 124 valence electrons. The van der Waals surface area contributed by atoms with Crippen molar-refractivity contribution in [2.75, 3.05) is 16.0 Å². The fourth-order valence-electron chi connectivity index (χ4n) is 2.61. The van der Waals surface area contributed by atoms with E-state index in [9.17, 15) is 9.59 Å². The molecule has 0 amide bonds. The van der Waals surface area contributed by atoms with Crippen molar-refractivity contribution in [3.05, 3.63) is 0 Å². The quantitative estimate of drug-likeness (QED) is 0.267. The monoisotopic (exact) mass is 523 g/mol. The van der Waals surface area contributed by atoms with Gasteiger partial charge in [0, 0.05) is 0 Å². The van der Waals surface area contributed by atoms with Crippen molar-refractivity contribution in [1.82, 2.24) is 0 Å². The number of hydrogen-bond acceptors (Lipinski definition) is 4. The molecular weight excluding hydrogens is 498 g/mol. The Labute approximate surface area is 151 Å². The number of carbonyl (C=O) groups is 2. The van der Waals surface area contributed by atoms with E-state index in [4.69, 9.17) is 9.47 Å². The molecule has 0 saturated heterocycles. The van der Waals surface area contributed by atoms with Crippen LogP contribution in [0.3, 0.4) is 0 Å². The van der Waals surface area contributed by atoms with Crippen LogP contribution in [0.5, 0.6) is 0 Å². The van der Waals surface area contributed by atoms with E-state index in [1.165, 1.54) is 0 Å². The maximum absolute atomic E-state index is 12.0. The molecule has 0 bridgehead atoms. The van der Waals surface area contributed by atoms with Crippen LogP contribution in [-0.4, -0.2) is 36.9 Å². The number of carbonyl (C=O) groups excluding carboxylic acids is 2. The van der Waals surface area contributed by atoms with Gasteiger partial charge in [0.2, 0.25) is 0 Å². The Bertz CT molecular complexity index is 374. The second-order valence-electron chi connectivity index (χ2n) is 6.08. The predicted molar refractivity (Wildman–Crippen MR) is 86.3 cm³/mol. The third-order valence-corrected chi connectivity index (χ3v) is 8.52. The third kappa shape index (κ3) is 5.51. The summed E-state index contributed by atoms with van der Waals surface area (Å²) < 4.78 is 11.1. The molecule has 1 aliphatic carbocycles. The van der Waals surface area contributed by atoms with Crippen LogP contribution in [0.2, 0.25) is 0 Å². The van der Waals surface area contributed by atoms with E-state index in [0.717, 1.165) is 30.1 Å². The van der Waals surface area contributed by atoms with Gasteiger partial charge in [0.15, 0.2) is 0 Å². The zero-order valence-corrected chi connectivity index (χ0v) is 17.5. The van der Waals surface area contributed by atoms with Gasteiger partial charge < -0.3 is 0 Å². The molecular formula is C15H25I2O4-. The molecule has 1 unspecified atom stereocenters. The van der Waals surface area contributed by atoms with E-state index < -0.39 is 9.39 Å². The zero-order chi connectivity index (χ0) is 16.1. The molecule has 1 aliphatic rings. The molecule has 0 N–H and O–H groups in total. The van der Waals surface area contributed by atoms with Gasteiger partial charge in [0.25, 0.3) is 0 Å². The van der Waals surface area contributed by atoms with Gasteiger partial charge >= 0.3 is 152 Å². The van der Waals surface area contributed by atoms with E-state index in [1.807, 2.05) is 6.92 Å². The summed E-state index contributed by atoms with van der Waals surface area (Å²) in [6.07, 6.45) is 4.01. The van der Waals surface area contributed by atoms with Crippen molar-refractivity contribution in [2.24, 2.45) is 5.92 Å². The van der Waals surface area contributed by atoms with Crippen molar-refractivity contribution in [2.45, 2.75) is 55.5 Å². The Morgan fingerprint density at radius 1 is 1.33 bits per heavy atom. The molecule has 0 heterocycles.